The Kier molecular flexibility index (Phi) is 5.19. The molecular weight excluding hydrogens is 471 g/mol. The monoisotopic (exact) mass is 488 g/mol. The Hall–Kier alpha value is -3.58. The van der Waals surface area contributed by atoms with Gasteiger partial charge in [-0.25, -0.2) is 9.37 Å². The number of aromatic nitrogens is 3. The number of rotatable bonds is 4. The van der Waals surface area contributed by atoms with Gasteiger partial charge >= 0.3 is 0 Å². The zero-order valence-electron chi connectivity index (χ0n) is 17.2. The normalized spacial score (nSPS) is 11.7. The Bertz CT molecular complexity index is 1550. The molecule has 5 nitrogen and oxygen atoms in total. The van der Waals surface area contributed by atoms with Crippen molar-refractivity contribution in [3.05, 3.63) is 111 Å². The first-order valence-electron chi connectivity index (χ1n) is 10.1. The zero-order valence-corrected chi connectivity index (χ0v) is 18.8. The third-order valence-corrected chi connectivity index (χ3v) is 5.86. The molecule has 0 radical (unpaired) electrons. The molecule has 158 valence electrons. The highest BCUT2D eigenvalue weighted by Crippen LogP contribution is 2.22. The lowest BCUT2D eigenvalue weighted by Crippen LogP contribution is -2.20. The van der Waals surface area contributed by atoms with E-state index in [0.717, 1.165) is 26.5 Å². The SMILES string of the molecule is Cc1nc2ccc(Br)cc2c(=O)n1N=Cc1cn(Cc2ccc(F)cc2)c2ccccc12. The van der Waals surface area contributed by atoms with Crippen molar-refractivity contribution in [2.75, 3.05) is 0 Å². The lowest BCUT2D eigenvalue weighted by molar-refractivity contribution is 0.626. The van der Waals surface area contributed by atoms with Gasteiger partial charge in [-0.15, -0.1) is 0 Å². The second-order valence-electron chi connectivity index (χ2n) is 7.54. The van der Waals surface area contributed by atoms with Crippen LogP contribution in [0.5, 0.6) is 0 Å². The van der Waals surface area contributed by atoms with Crippen LogP contribution in [0.1, 0.15) is 17.0 Å². The molecule has 0 saturated heterocycles. The van der Waals surface area contributed by atoms with Crippen LogP contribution in [0.25, 0.3) is 21.8 Å². The Morgan fingerprint density at radius 2 is 1.84 bits per heavy atom. The summed E-state index contributed by atoms with van der Waals surface area (Å²) in [4.78, 5) is 17.5. The standard InChI is InChI=1S/C25H18BrFN4O/c1-16-29-23-11-8-19(26)12-22(23)25(32)31(16)28-13-18-15-30(24-5-3-2-4-21(18)24)14-17-6-9-20(27)10-7-17/h2-13,15H,14H2,1H3. The van der Waals surface area contributed by atoms with Crippen LogP contribution in [0.3, 0.4) is 0 Å². The Balaban J connectivity index is 1.57. The number of para-hydroxylation sites is 1. The lowest BCUT2D eigenvalue weighted by atomic mass is 10.2. The van der Waals surface area contributed by atoms with Gasteiger partial charge in [0.15, 0.2) is 0 Å². The third-order valence-electron chi connectivity index (χ3n) is 5.37. The van der Waals surface area contributed by atoms with Crippen molar-refractivity contribution >= 4 is 44.0 Å². The van der Waals surface area contributed by atoms with E-state index in [2.05, 4.69) is 30.6 Å². The number of benzene rings is 3. The number of aryl methyl sites for hydroxylation is 1. The lowest BCUT2D eigenvalue weighted by Gasteiger charge is -2.05. The van der Waals surface area contributed by atoms with Crippen LogP contribution in [0.2, 0.25) is 0 Å². The molecule has 2 heterocycles. The topological polar surface area (TPSA) is 52.2 Å². The van der Waals surface area contributed by atoms with Gasteiger partial charge in [0.05, 0.1) is 17.1 Å². The first-order chi connectivity index (χ1) is 15.5. The summed E-state index contributed by atoms with van der Waals surface area (Å²) in [6.07, 6.45) is 3.67. The number of halogens is 2. The van der Waals surface area contributed by atoms with Crippen LogP contribution in [-0.2, 0) is 6.54 Å². The maximum Gasteiger partial charge on any atom is 0.282 e. The van der Waals surface area contributed by atoms with Crippen LogP contribution in [0.15, 0.2) is 87.3 Å². The van der Waals surface area contributed by atoms with Crippen molar-refractivity contribution in [3.8, 4) is 0 Å². The fourth-order valence-corrected chi connectivity index (χ4v) is 4.17. The van der Waals surface area contributed by atoms with E-state index in [9.17, 15) is 9.18 Å². The Labute approximate surface area is 191 Å². The van der Waals surface area contributed by atoms with E-state index in [1.54, 1.807) is 31.3 Å². The highest BCUT2D eigenvalue weighted by Gasteiger charge is 2.10. The number of hydrogen-bond donors (Lipinski definition) is 0. The maximum atomic E-state index is 13.3. The van der Waals surface area contributed by atoms with E-state index >= 15 is 0 Å². The minimum Gasteiger partial charge on any atom is -0.342 e. The van der Waals surface area contributed by atoms with Gasteiger partial charge in [-0.3, -0.25) is 4.79 Å². The molecule has 3 aromatic carbocycles. The predicted octanol–water partition coefficient (Wildman–Crippen LogP) is 5.49. The van der Waals surface area contributed by atoms with Crippen LogP contribution >= 0.6 is 15.9 Å². The molecule has 0 fully saturated rings. The fourth-order valence-electron chi connectivity index (χ4n) is 3.81. The molecule has 5 rings (SSSR count). The second kappa shape index (κ2) is 8.16. The van der Waals surface area contributed by atoms with Crippen LogP contribution < -0.4 is 5.56 Å². The molecule has 2 aromatic heterocycles. The molecule has 0 amide bonds. The summed E-state index contributed by atoms with van der Waals surface area (Å²) in [5, 5.41) is 5.99. The molecule has 7 heteroatoms. The first kappa shape index (κ1) is 20.3. The molecule has 5 aromatic rings. The van der Waals surface area contributed by atoms with Crippen molar-refractivity contribution in [3.63, 3.8) is 0 Å². The zero-order chi connectivity index (χ0) is 22.2. The van der Waals surface area contributed by atoms with E-state index in [0.29, 0.717) is 23.3 Å². The van der Waals surface area contributed by atoms with Crippen molar-refractivity contribution in [2.45, 2.75) is 13.5 Å². The third kappa shape index (κ3) is 3.76. The summed E-state index contributed by atoms with van der Waals surface area (Å²) < 4.78 is 17.5. The average molecular weight is 489 g/mol. The molecule has 0 saturated carbocycles. The number of hydrogen-bond acceptors (Lipinski definition) is 3. The van der Waals surface area contributed by atoms with Gasteiger partial charge in [-0.2, -0.15) is 9.78 Å². The van der Waals surface area contributed by atoms with Crippen molar-refractivity contribution in [1.82, 2.24) is 14.2 Å². The van der Waals surface area contributed by atoms with Gasteiger partial charge in [-0.1, -0.05) is 46.3 Å². The minimum absolute atomic E-state index is 0.222. The number of nitrogens with zero attached hydrogens (tertiary/aromatic N) is 4. The molecular formula is C25H18BrFN4O. The molecule has 0 bridgehead atoms. The molecule has 0 atom stereocenters. The largest absolute Gasteiger partial charge is 0.342 e. The van der Waals surface area contributed by atoms with Crippen LogP contribution in [0, 0.1) is 12.7 Å². The summed E-state index contributed by atoms with van der Waals surface area (Å²) in [6.45, 7) is 2.36. The van der Waals surface area contributed by atoms with E-state index in [1.165, 1.54) is 16.8 Å². The van der Waals surface area contributed by atoms with Gasteiger partial charge in [0, 0.05) is 33.7 Å². The summed E-state index contributed by atoms with van der Waals surface area (Å²) in [7, 11) is 0. The van der Waals surface area contributed by atoms with Gasteiger partial charge in [-0.05, 0) is 48.9 Å². The predicted molar refractivity (Wildman–Crippen MR) is 129 cm³/mol. The summed E-state index contributed by atoms with van der Waals surface area (Å²) in [5.41, 5.74) is 3.32. The van der Waals surface area contributed by atoms with Gasteiger partial charge in [0.1, 0.15) is 11.6 Å². The smallest absolute Gasteiger partial charge is 0.282 e. The molecule has 0 aliphatic heterocycles. The fraction of sp³-hybridized carbons (Fsp3) is 0.0800. The van der Waals surface area contributed by atoms with Crippen molar-refractivity contribution in [1.29, 1.82) is 0 Å². The van der Waals surface area contributed by atoms with Crippen LogP contribution in [0.4, 0.5) is 4.39 Å². The minimum atomic E-state index is -0.254. The second-order valence-corrected chi connectivity index (χ2v) is 8.45. The van der Waals surface area contributed by atoms with Gasteiger partial charge < -0.3 is 4.57 Å². The molecule has 0 aliphatic carbocycles. The average Bonchev–Trinajstić information content (AvgIpc) is 3.13. The molecule has 0 unspecified atom stereocenters. The van der Waals surface area contributed by atoms with Crippen molar-refractivity contribution < 1.29 is 4.39 Å². The van der Waals surface area contributed by atoms with Gasteiger partial charge in [0.2, 0.25) is 0 Å². The molecule has 32 heavy (non-hydrogen) atoms. The summed E-state index contributed by atoms with van der Waals surface area (Å²) in [5.74, 6) is 0.256. The Morgan fingerprint density at radius 1 is 1.06 bits per heavy atom. The maximum absolute atomic E-state index is 13.3. The van der Waals surface area contributed by atoms with Crippen molar-refractivity contribution in [2.24, 2.45) is 5.10 Å². The molecule has 0 spiro atoms. The highest BCUT2D eigenvalue weighted by molar-refractivity contribution is 9.10. The van der Waals surface area contributed by atoms with E-state index < -0.39 is 0 Å². The highest BCUT2D eigenvalue weighted by atomic mass is 79.9. The quantitative estimate of drug-likeness (QED) is 0.314. The summed E-state index contributed by atoms with van der Waals surface area (Å²) >= 11 is 3.41. The molecule has 0 aliphatic rings. The Morgan fingerprint density at radius 3 is 2.66 bits per heavy atom. The number of fused-ring (bicyclic) bond motifs is 2. The van der Waals surface area contributed by atoms with Crippen LogP contribution in [-0.4, -0.2) is 20.4 Å². The first-order valence-corrected chi connectivity index (χ1v) is 10.8. The van der Waals surface area contributed by atoms with E-state index in [-0.39, 0.29) is 11.4 Å². The summed E-state index contributed by atoms with van der Waals surface area (Å²) in [6, 6.07) is 19.9. The van der Waals surface area contributed by atoms with E-state index in [1.807, 2.05) is 42.6 Å². The van der Waals surface area contributed by atoms with E-state index in [4.69, 9.17) is 0 Å². The molecule has 0 N–H and O–H groups in total. The van der Waals surface area contributed by atoms with Gasteiger partial charge in [0.25, 0.3) is 5.56 Å².